The first-order chi connectivity index (χ1) is 17.1. The van der Waals surface area contributed by atoms with Crippen LogP contribution in [0.5, 0.6) is 5.75 Å². The van der Waals surface area contributed by atoms with Gasteiger partial charge in [-0.05, 0) is 66.4 Å². The quantitative estimate of drug-likeness (QED) is 0.489. The van der Waals surface area contributed by atoms with E-state index in [0.29, 0.717) is 22.6 Å². The van der Waals surface area contributed by atoms with Crippen molar-refractivity contribution in [1.82, 2.24) is 4.90 Å². The molecule has 1 N–H and O–H groups in total. The van der Waals surface area contributed by atoms with Crippen LogP contribution in [0.3, 0.4) is 0 Å². The Morgan fingerprint density at radius 2 is 1.63 bits per heavy atom. The molecule has 2 aliphatic rings. The van der Waals surface area contributed by atoms with Crippen molar-refractivity contribution >= 4 is 17.5 Å². The summed E-state index contributed by atoms with van der Waals surface area (Å²) < 4.78 is 18.8. The van der Waals surface area contributed by atoms with E-state index in [4.69, 9.17) is 4.74 Å². The molecule has 2 unspecified atom stereocenters. The normalized spacial score (nSPS) is 20.3. The van der Waals surface area contributed by atoms with Gasteiger partial charge in [0.2, 0.25) is 5.91 Å². The molecule has 5 nitrogen and oxygen atoms in total. The third kappa shape index (κ3) is 4.53. The van der Waals surface area contributed by atoms with E-state index in [0.717, 1.165) is 37.7 Å². The zero-order valence-corrected chi connectivity index (χ0v) is 19.7. The molecule has 1 aliphatic carbocycles. The second-order valence-corrected chi connectivity index (χ2v) is 9.28. The maximum absolute atomic E-state index is 13.9. The van der Waals surface area contributed by atoms with E-state index in [-0.39, 0.29) is 23.7 Å². The molecule has 3 aromatic carbocycles. The topological polar surface area (TPSA) is 58.6 Å². The molecule has 2 atom stereocenters. The summed E-state index contributed by atoms with van der Waals surface area (Å²) in [4.78, 5) is 29.8. The van der Waals surface area contributed by atoms with Gasteiger partial charge in [-0.3, -0.25) is 9.59 Å². The summed E-state index contributed by atoms with van der Waals surface area (Å²) in [6.45, 7) is 0. The average Bonchev–Trinajstić information content (AvgIpc) is 2.90. The molecule has 0 spiro atoms. The smallest absolute Gasteiger partial charge is 0.254 e. The van der Waals surface area contributed by atoms with Gasteiger partial charge in [0.15, 0.2) is 0 Å². The standard InChI is InChI=1S/C29H29FN2O3/c1-35-23-17-11-19(12-18-23)27-26(28(33)31-21-15-13-20(30)14-16-21)24-9-5-6-10-25(24)29(34)32(27)22-7-3-2-4-8-22/h5-6,9-18,22,26-27H,2-4,7-8H2,1H3,(H,31,33). The van der Waals surface area contributed by atoms with Gasteiger partial charge in [-0.1, -0.05) is 49.6 Å². The second kappa shape index (κ2) is 9.90. The fourth-order valence-corrected chi connectivity index (χ4v) is 5.50. The maximum atomic E-state index is 13.9. The van der Waals surface area contributed by atoms with Crippen molar-refractivity contribution in [3.63, 3.8) is 0 Å². The lowest BCUT2D eigenvalue weighted by Gasteiger charge is -2.46. The molecule has 1 aliphatic heterocycles. The fraction of sp³-hybridized carbons (Fsp3) is 0.310. The number of halogens is 1. The van der Waals surface area contributed by atoms with Crippen LogP contribution in [-0.4, -0.2) is 29.9 Å². The lowest BCUT2D eigenvalue weighted by Crippen LogP contribution is -2.51. The summed E-state index contributed by atoms with van der Waals surface area (Å²) in [5.41, 5.74) is 2.69. The molecule has 35 heavy (non-hydrogen) atoms. The van der Waals surface area contributed by atoms with E-state index in [1.54, 1.807) is 19.2 Å². The van der Waals surface area contributed by atoms with Crippen LogP contribution in [0.25, 0.3) is 0 Å². The number of rotatable bonds is 5. The van der Waals surface area contributed by atoms with Crippen LogP contribution in [0.15, 0.2) is 72.8 Å². The van der Waals surface area contributed by atoms with Gasteiger partial charge in [0.1, 0.15) is 11.6 Å². The van der Waals surface area contributed by atoms with Gasteiger partial charge in [-0.15, -0.1) is 0 Å². The van der Waals surface area contributed by atoms with E-state index in [1.165, 1.54) is 12.1 Å². The van der Waals surface area contributed by atoms with Gasteiger partial charge in [-0.2, -0.15) is 0 Å². The Hall–Kier alpha value is -3.67. The molecule has 0 aromatic heterocycles. The number of benzene rings is 3. The maximum Gasteiger partial charge on any atom is 0.254 e. The van der Waals surface area contributed by atoms with Gasteiger partial charge in [0.05, 0.1) is 19.1 Å². The molecule has 5 rings (SSSR count). The van der Waals surface area contributed by atoms with Crippen molar-refractivity contribution in [3.8, 4) is 5.75 Å². The Morgan fingerprint density at radius 3 is 2.31 bits per heavy atom. The third-order valence-electron chi connectivity index (χ3n) is 7.20. The number of carbonyl (C=O) groups is 2. The molecule has 6 heteroatoms. The first kappa shape index (κ1) is 23.1. The summed E-state index contributed by atoms with van der Waals surface area (Å²) >= 11 is 0. The summed E-state index contributed by atoms with van der Waals surface area (Å²) in [6.07, 6.45) is 5.15. The van der Waals surface area contributed by atoms with E-state index >= 15 is 0 Å². The summed E-state index contributed by atoms with van der Waals surface area (Å²) in [5.74, 6) is -0.523. The van der Waals surface area contributed by atoms with E-state index in [1.807, 2.05) is 53.4 Å². The highest BCUT2D eigenvalue weighted by molar-refractivity contribution is 6.04. The minimum Gasteiger partial charge on any atom is -0.497 e. The van der Waals surface area contributed by atoms with Crippen LogP contribution < -0.4 is 10.1 Å². The van der Waals surface area contributed by atoms with E-state index in [2.05, 4.69) is 5.32 Å². The highest BCUT2D eigenvalue weighted by atomic mass is 19.1. The minimum absolute atomic E-state index is 0.0286. The fourth-order valence-electron chi connectivity index (χ4n) is 5.50. The molecule has 1 fully saturated rings. The molecule has 0 bridgehead atoms. The number of amides is 2. The van der Waals surface area contributed by atoms with Gasteiger partial charge in [0, 0.05) is 17.3 Å². The van der Waals surface area contributed by atoms with Crippen LogP contribution >= 0.6 is 0 Å². The molecular weight excluding hydrogens is 443 g/mol. The van der Waals surface area contributed by atoms with Gasteiger partial charge < -0.3 is 15.0 Å². The number of fused-ring (bicyclic) bond motifs is 1. The lowest BCUT2D eigenvalue weighted by atomic mass is 9.77. The Bertz CT molecular complexity index is 1200. The summed E-state index contributed by atoms with van der Waals surface area (Å²) in [5, 5.41) is 2.97. The van der Waals surface area contributed by atoms with E-state index in [9.17, 15) is 14.0 Å². The molecule has 1 saturated carbocycles. The van der Waals surface area contributed by atoms with Crippen molar-refractivity contribution in [3.05, 3.63) is 95.3 Å². The molecule has 0 radical (unpaired) electrons. The summed E-state index contributed by atoms with van der Waals surface area (Å²) in [7, 11) is 1.61. The van der Waals surface area contributed by atoms with Crippen molar-refractivity contribution in [2.45, 2.75) is 50.1 Å². The predicted octanol–water partition coefficient (Wildman–Crippen LogP) is 6.09. The molecule has 180 valence electrons. The predicted molar refractivity (Wildman–Crippen MR) is 133 cm³/mol. The van der Waals surface area contributed by atoms with Crippen molar-refractivity contribution in [2.24, 2.45) is 0 Å². The first-order valence-electron chi connectivity index (χ1n) is 12.2. The largest absolute Gasteiger partial charge is 0.497 e. The molecule has 1 heterocycles. The van der Waals surface area contributed by atoms with Crippen molar-refractivity contribution < 1.29 is 18.7 Å². The van der Waals surface area contributed by atoms with Crippen LogP contribution in [0.4, 0.5) is 10.1 Å². The number of hydrogen-bond donors (Lipinski definition) is 1. The zero-order valence-electron chi connectivity index (χ0n) is 19.7. The molecular formula is C29H29FN2O3. The first-order valence-corrected chi connectivity index (χ1v) is 12.2. The van der Waals surface area contributed by atoms with Crippen molar-refractivity contribution in [1.29, 1.82) is 0 Å². The summed E-state index contributed by atoms with van der Waals surface area (Å²) in [6, 6.07) is 20.4. The molecule has 0 saturated heterocycles. The number of carbonyl (C=O) groups excluding carboxylic acids is 2. The number of hydrogen-bond acceptors (Lipinski definition) is 3. The number of ether oxygens (including phenoxy) is 1. The van der Waals surface area contributed by atoms with Gasteiger partial charge >= 0.3 is 0 Å². The number of nitrogens with one attached hydrogen (secondary N) is 1. The van der Waals surface area contributed by atoms with Crippen LogP contribution in [-0.2, 0) is 4.79 Å². The monoisotopic (exact) mass is 472 g/mol. The van der Waals surface area contributed by atoms with Crippen LogP contribution in [0, 0.1) is 5.82 Å². The van der Waals surface area contributed by atoms with Gasteiger partial charge in [-0.25, -0.2) is 4.39 Å². The highest BCUT2D eigenvalue weighted by Gasteiger charge is 2.46. The van der Waals surface area contributed by atoms with E-state index < -0.39 is 12.0 Å². The molecule has 2 amide bonds. The number of methoxy groups -OCH3 is 1. The van der Waals surface area contributed by atoms with Crippen LogP contribution in [0.1, 0.15) is 65.5 Å². The second-order valence-electron chi connectivity index (χ2n) is 9.28. The van der Waals surface area contributed by atoms with Crippen molar-refractivity contribution in [2.75, 3.05) is 12.4 Å². The zero-order chi connectivity index (χ0) is 24.4. The lowest BCUT2D eigenvalue weighted by molar-refractivity contribution is -0.119. The SMILES string of the molecule is COc1ccc(C2C(C(=O)Nc3ccc(F)cc3)c3ccccc3C(=O)N2C2CCCCC2)cc1. The van der Waals surface area contributed by atoms with Gasteiger partial charge in [0.25, 0.3) is 5.91 Å². The molecule has 3 aromatic rings. The number of nitrogens with zero attached hydrogens (tertiary/aromatic N) is 1. The Kier molecular flexibility index (Phi) is 6.53. The number of anilines is 1. The minimum atomic E-state index is -0.621. The Labute approximate surface area is 204 Å². The van der Waals surface area contributed by atoms with Crippen LogP contribution in [0.2, 0.25) is 0 Å². The average molecular weight is 473 g/mol. The third-order valence-corrected chi connectivity index (χ3v) is 7.20. The Balaban J connectivity index is 1.63. The highest BCUT2D eigenvalue weighted by Crippen LogP contribution is 2.46. The Morgan fingerprint density at radius 1 is 0.943 bits per heavy atom.